The van der Waals surface area contributed by atoms with Gasteiger partial charge < -0.3 is 10.6 Å². The normalized spacial score (nSPS) is 32.0. The molecule has 2 saturated carbocycles. The van der Waals surface area contributed by atoms with Gasteiger partial charge in [-0.25, -0.2) is 13.1 Å². The van der Waals surface area contributed by atoms with Crippen LogP contribution in [-0.4, -0.2) is 50.2 Å². The molecule has 1 heterocycles. The molecule has 1 aliphatic heterocycles. The summed E-state index contributed by atoms with van der Waals surface area (Å²) in [6.45, 7) is 1.59. The van der Waals surface area contributed by atoms with E-state index >= 15 is 0 Å². The molecule has 0 radical (unpaired) electrons. The zero-order valence-corrected chi connectivity index (χ0v) is 16.0. The molecule has 0 aromatic heterocycles. The predicted molar refractivity (Wildman–Crippen MR) is 98.4 cm³/mol. The van der Waals surface area contributed by atoms with Crippen molar-refractivity contribution in [2.45, 2.75) is 75.5 Å². The number of rotatable bonds is 5. The molecule has 0 aromatic rings. The van der Waals surface area contributed by atoms with E-state index in [9.17, 15) is 13.2 Å². The predicted octanol–water partition coefficient (Wildman–Crippen LogP) is 1.60. The number of nitrogens with one attached hydrogen (secondary N) is 1. The first-order valence-corrected chi connectivity index (χ1v) is 11.6. The average Bonchev–Trinajstić information content (AvgIpc) is 3.16. The lowest BCUT2D eigenvalue weighted by molar-refractivity contribution is -0.136. The number of sulfonamides is 1. The molecule has 2 aliphatic carbocycles. The van der Waals surface area contributed by atoms with Gasteiger partial charge in [-0.1, -0.05) is 25.7 Å². The number of nitrogens with zero attached hydrogens (tertiary/aromatic N) is 1. The molecule has 7 heteroatoms. The molecule has 6 nitrogen and oxygen atoms in total. The minimum absolute atomic E-state index is 0.0374. The fraction of sp³-hybridized carbons (Fsp3) is 0.944. The quantitative estimate of drug-likeness (QED) is 0.768. The summed E-state index contributed by atoms with van der Waals surface area (Å²) >= 11 is 0. The summed E-state index contributed by atoms with van der Waals surface area (Å²) in [4.78, 5) is 14.5. The zero-order chi connectivity index (χ0) is 17.9. The van der Waals surface area contributed by atoms with E-state index in [4.69, 9.17) is 5.73 Å². The number of carbonyl (C=O) groups is 1. The number of likely N-dealkylation sites (tertiary alicyclic amines) is 1. The Morgan fingerprint density at radius 1 is 1.00 bits per heavy atom. The summed E-state index contributed by atoms with van der Waals surface area (Å²) in [5, 5.41) is -0.480. The van der Waals surface area contributed by atoms with E-state index < -0.39 is 15.3 Å². The van der Waals surface area contributed by atoms with Crippen LogP contribution in [0.5, 0.6) is 0 Å². The molecule has 3 rings (SSSR count). The molecule has 3 fully saturated rings. The molecule has 1 amide bonds. The van der Waals surface area contributed by atoms with Crippen LogP contribution < -0.4 is 10.5 Å². The summed E-state index contributed by atoms with van der Waals surface area (Å²) in [6.07, 6.45) is 9.65. The van der Waals surface area contributed by atoms with Gasteiger partial charge in [0.15, 0.2) is 0 Å². The minimum Gasteiger partial charge on any atom is -0.341 e. The van der Waals surface area contributed by atoms with Crippen LogP contribution in [0.2, 0.25) is 0 Å². The van der Waals surface area contributed by atoms with Gasteiger partial charge in [0.1, 0.15) is 0 Å². The number of amides is 1. The highest BCUT2D eigenvalue weighted by Crippen LogP contribution is 2.29. The van der Waals surface area contributed by atoms with Crippen LogP contribution in [0.15, 0.2) is 0 Å². The molecule has 144 valence electrons. The van der Waals surface area contributed by atoms with Crippen LogP contribution in [0, 0.1) is 11.8 Å². The van der Waals surface area contributed by atoms with Crippen molar-refractivity contribution in [1.29, 1.82) is 0 Å². The first kappa shape index (κ1) is 19.1. The molecule has 0 aromatic carbocycles. The number of hydrogen-bond donors (Lipinski definition) is 2. The summed E-state index contributed by atoms with van der Waals surface area (Å²) in [7, 11) is -3.42. The summed E-state index contributed by atoms with van der Waals surface area (Å²) in [6, 6.07) is -0.0374. The van der Waals surface area contributed by atoms with Crippen LogP contribution in [0.4, 0.5) is 0 Å². The van der Waals surface area contributed by atoms with Crippen molar-refractivity contribution in [1.82, 2.24) is 9.62 Å². The van der Waals surface area contributed by atoms with Crippen LogP contribution in [0.3, 0.4) is 0 Å². The number of hydrogen-bond acceptors (Lipinski definition) is 4. The molecule has 3 N–H and O–H groups in total. The Bertz CT molecular complexity index is 560. The van der Waals surface area contributed by atoms with Crippen LogP contribution in [-0.2, 0) is 14.8 Å². The number of nitrogens with two attached hydrogens (primary N) is 1. The maximum atomic E-state index is 12.9. The Morgan fingerprint density at radius 3 is 2.40 bits per heavy atom. The minimum atomic E-state index is -3.42. The zero-order valence-electron chi connectivity index (χ0n) is 15.2. The molecular weight excluding hydrogens is 338 g/mol. The van der Waals surface area contributed by atoms with Crippen molar-refractivity contribution >= 4 is 15.9 Å². The average molecular weight is 372 g/mol. The highest BCUT2D eigenvalue weighted by atomic mass is 32.2. The van der Waals surface area contributed by atoms with Crippen molar-refractivity contribution in [2.24, 2.45) is 17.6 Å². The second-order valence-electron chi connectivity index (χ2n) is 8.08. The Hall–Kier alpha value is -0.660. The van der Waals surface area contributed by atoms with Gasteiger partial charge in [-0.2, -0.15) is 0 Å². The summed E-state index contributed by atoms with van der Waals surface area (Å²) in [5.41, 5.74) is 5.83. The SMILES string of the molecule is NCC1CCCCC1NS(=O)(=O)C1CCCN(C(=O)C2CCCC2)C1. The van der Waals surface area contributed by atoms with E-state index in [0.29, 0.717) is 26.1 Å². The molecule has 25 heavy (non-hydrogen) atoms. The van der Waals surface area contributed by atoms with E-state index in [-0.39, 0.29) is 23.8 Å². The van der Waals surface area contributed by atoms with Gasteiger partial charge in [0, 0.05) is 25.0 Å². The third-order valence-corrected chi connectivity index (χ3v) is 8.25. The Labute approximate surface area is 151 Å². The largest absolute Gasteiger partial charge is 0.341 e. The smallest absolute Gasteiger partial charge is 0.225 e. The Morgan fingerprint density at radius 2 is 1.68 bits per heavy atom. The Balaban J connectivity index is 1.62. The van der Waals surface area contributed by atoms with Crippen LogP contribution in [0.25, 0.3) is 0 Å². The molecule has 1 saturated heterocycles. The van der Waals surface area contributed by atoms with Crippen molar-refractivity contribution in [3.8, 4) is 0 Å². The number of piperidine rings is 1. The Kier molecular flexibility index (Phi) is 6.39. The van der Waals surface area contributed by atoms with E-state index in [2.05, 4.69) is 4.72 Å². The second-order valence-corrected chi connectivity index (χ2v) is 10.1. The second kappa shape index (κ2) is 8.35. The van der Waals surface area contributed by atoms with Crippen LogP contribution >= 0.6 is 0 Å². The lowest BCUT2D eigenvalue weighted by Crippen LogP contribution is -2.53. The molecule has 0 bridgehead atoms. The fourth-order valence-corrected chi connectivity index (χ4v) is 6.55. The maximum Gasteiger partial charge on any atom is 0.225 e. The summed E-state index contributed by atoms with van der Waals surface area (Å²) in [5.74, 6) is 0.535. The van der Waals surface area contributed by atoms with E-state index in [1.165, 1.54) is 0 Å². The summed E-state index contributed by atoms with van der Waals surface area (Å²) < 4.78 is 28.8. The van der Waals surface area contributed by atoms with Crippen LogP contribution in [0.1, 0.15) is 64.2 Å². The maximum absolute atomic E-state index is 12.9. The van der Waals surface area contributed by atoms with Crippen molar-refractivity contribution in [3.63, 3.8) is 0 Å². The van der Waals surface area contributed by atoms with E-state index in [1.54, 1.807) is 0 Å². The highest BCUT2D eigenvalue weighted by Gasteiger charge is 2.37. The lowest BCUT2D eigenvalue weighted by Gasteiger charge is -2.36. The monoisotopic (exact) mass is 371 g/mol. The molecule has 0 spiro atoms. The number of carbonyl (C=O) groups excluding carboxylic acids is 1. The van der Waals surface area contributed by atoms with Gasteiger partial charge in [0.05, 0.1) is 5.25 Å². The van der Waals surface area contributed by atoms with Crippen molar-refractivity contribution in [2.75, 3.05) is 19.6 Å². The van der Waals surface area contributed by atoms with Gasteiger partial charge in [0.25, 0.3) is 0 Å². The van der Waals surface area contributed by atoms with Crippen molar-refractivity contribution in [3.05, 3.63) is 0 Å². The fourth-order valence-electron chi connectivity index (χ4n) is 4.77. The molecule has 3 aliphatic rings. The third kappa shape index (κ3) is 4.55. The standard InChI is InChI=1S/C18H33N3O3S/c19-12-15-8-3-4-10-17(15)20-25(23,24)16-9-5-11-21(13-16)18(22)14-6-1-2-7-14/h14-17,20H,1-13,19H2. The van der Waals surface area contributed by atoms with Gasteiger partial charge in [-0.3, -0.25) is 4.79 Å². The van der Waals surface area contributed by atoms with Gasteiger partial charge in [-0.05, 0) is 51.0 Å². The van der Waals surface area contributed by atoms with Gasteiger partial charge in [0.2, 0.25) is 15.9 Å². The topological polar surface area (TPSA) is 92.5 Å². The first-order valence-electron chi connectivity index (χ1n) is 10.0. The highest BCUT2D eigenvalue weighted by molar-refractivity contribution is 7.90. The third-order valence-electron chi connectivity index (χ3n) is 6.36. The van der Waals surface area contributed by atoms with Crippen molar-refractivity contribution < 1.29 is 13.2 Å². The van der Waals surface area contributed by atoms with E-state index in [0.717, 1.165) is 57.8 Å². The molecule has 3 atom stereocenters. The first-order chi connectivity index (χ1) is 12.0. The van der Waals surface area contributed by atoms with Gasteiger partial charge >= 0.3 is 0 Å². The lowest BCUT2D eigenvalue weighted by atomic mass is 9.85. The van der Waals surface area contributed by atoms with E-state index in [1.807, 2.05) is 4.90 Å². The molecular formula is C18H33N3O3S. The molecule has 3 unspecified atom stereocenters. The van der Waals surface area contributed by atoms with Gasteiger partial charge in [-0.15, -0.1) is 0 Å².